The summed E-state index contributed by atoms with van der Waals surface area (Å²) in [6.45, 7) is 6.88. The van der Waals surface area contributed by atoms with Gasteiger partial charge in [0.1, 0.15) is 5.75 Å². The minimum atomic E-state index is -0.308. The highest BCUT2D eigenvalue weighted by atomic mass is 32.1. The molecular weight excluding hydrogens is 440 g/mol. The van der Waals surface area contributed by atoms with Crippen molar-refractivity contribution in [2.45, 2.75) is 46.0 Å². The van der Waals surface area contributed by atoms with Gasteiger partial charge in [-0.05, 0) is 73.1 Å². The third kappa shape index (κ3) is 7.99. The Labute approximate surface area is 208 Å². The molecule has 3 rings (SSSR count). The first-order valence-corrected chi connectivity index (χ1v) is 12.3. The lowest BCUT2D eigenvalue weighted by Gasteiger charge is -2.17. The zero-order valence-electron chi connectivity index (χ0n) is 20.2. The summed E-state index contributed by atoms with van der Waals surface area (Å²) in [6, 6.07) is 26.2. The number of hydrogen-bond acceptors (Lipinski definition) is 3. The Balaban J connectivity index is 1.50. The van der Waals surface area contributed by atoms with Gasteiger partial charge in [0.05, 0.1) is 18.2 Å². The summed E-state index contributed by atoms with van der Waals surface area (Å²) >= 11 is 5.41. The maximum atomic E-state index is 12.8. The third-order valence-corrected chi connectivity index (χ3v) is 5.80. The van der Waals surface area contributed by atoms with E-state index in [-0.39, 0.29) is 16.9 Å². The van der Waals surface area contributed by atoms with E-state index in [1.807, 2.05) is 61.5 Å². The highest BCUT2D eigenvalue weighted by Crippen LogP contribution is 2.24. The molecule has 0 aliphatic carbocycles. The van der Waals surface area contributed by atoms with E-state index in [1.54, 1.807) is 0 Å². The highest BCUT2D eigenvalue weighted by Gasteiger charge is 2.17. The zero-order chi connectivity index (χ0) is 24.3. The smallest absolute Gasteiger partial charge is 0.233 e. The molecule has 3 aromatic carbocycles. The van der Waals surface area contributed by atoms with Crippen molar-refractivity contribution < 1.29 is 9.53 Å². The quantitative estimate of drug-likeness (QED) is 0.260. The number of carbonyl (C=O) groups is 1. The molecule has 3 aromatic rings. The summed E-state index contributed by atoms with van der Waals surface area (Å²) in [6.07, 6.45) is 2.90. The fourth-order valence-electron chi connectivity index (χ4n) is 3.74. The van der Waals surface area contributed by atoms with Crippen molar-refractivity contribution >= 4 is 28.9 Å². The molecule has 0 bridgehead atoms. The van der Waals surface area contributed by atoms with E-state index in [0.717, 1.165) is 30.5 Å². The molecule has 0 aliphatic rings. The molecule has 178 valence electrons. The van der Waals surface area contributed by atoms with Gasteiger partial charge in [0.2, 0.25) is 5.91 Å². The lowest BCUT2D eigenvalue weighted by Crippen LogP contribution is -2.36. The number of anilines is 1. The van der Waals surface area contributed by atoms with Gasteiger partial charge in [-0.2, -0.15) is 0 Å². The Bertz CT molecular complexity index is 1070. The molecule has 1 unspecified atom stereocenters. The molecule has 34 heavy (non-hydrogen) atoms. The Morgan fingerprint density at radius 3 is 2.26 bits per heavy atom. The second-order valence-electron chi connectivity index (χ2n) is 8.94. The minimum absolute atomic E-state index is 0.143. The molecule has 4 nitrogen and oxygen atoms in total. The largest absolute Gasteiger partial charge is 0.491 e. The summed E-state index contributed by atoms with van der Waals surface area (Å²) in [5.41, 5.74) is 4.28. The van der Waals surface area contributed by atoms with Gasteiger partial charge >= 0.3 is 0 Å². The SMILES string of the molecule is CC(C)Cc1ccc(C(C)C(=O)NC(=S)Nc2ccccc2OCCCc2ccccc2)cc1. The number of benzene rings is 3. The number of para-hydroxylation sites is 2. The van der Waals surface area contributed by atoms with Crippen LogP contribution in [-0.2, 0) is 17.6 Å². The average Bonchev–Trinajstić information content (AvgIpc) is 2.83. The van der Waals surface area contributed by atoms with Crippen LogP contribution in [0.3, 0.4) is 0 Å². The van der Waals surface area contributed by atoms with E-state index >= 15 is 0 Å². The maximum Gasteiger partial charge on any atom is 0.233 e. The molecule has 0 radical (unpaired) electrons. The van der Waals surface area contributed by atoms with Gasteiger partial charge in [-0.3, -0.25) is 4.79 Å². The molecule has 0 heterocycles. The monoisotopic (exact) mass is 474 g/mol. The Morgan fingerprint density at radius 1 is 0.882 bits per heavy atom. The van der Waals surface area contributed by atoms with Crippen LogP contribution < -0.4 is 15.4 Å². The number of nitrogens with one attached hydrogen (secondary N) is 2. The molecule has 0 fully saturated rings. The summed E-state index contributed by atoms with van der Waals surface area (Å²) in [7, 11) is 0. The van der Waals surface area contributed by atoms with Crippen molar-refractivity contribution in [2.24, 2.45) is 5.92 Å². The number of amides is 1. The summed E-state index contributed by atoms with van der Waals surface area (Å²) in [5, 5.41) is 6.18. The number of ether oxygens (including phenoxy) is 1. The highest BCUT2D eigenvalue weighted by molar-refractivity contribution is 7.80. The fraction of sp³-hybridized carbons (Fsp3) is 0.310. The average molecular weight is 475 g/mol. The van der Waals surface area contributed by atoms with E-state index in [0.29, 0.717) is 18.3 Å². The molecule has 0 aromatic heterocycles. The van der Waals surface area contributed by atoms with Crippen LogP contribution in [0, 0.1) is 5.92 Å². The molecule has 2 N–H and O–H groups in total. The topological polar surface area (TPSA) is 50.4 Å². The van der Waals surface area contributed by atoms with E-state index in [2.05, 4.69) is 48.7 Å². The van der Waals surface area contributed by atoms with E-state index in [9.17, 15) is 4.79 Å². The molecule has 0 saturated carbocycles. The molecule has 1 atom stereocenters. The van der Waals surface area contributed by atoms with E-state index < -0.39 is 0 Å². The summed E-state index contributed by atoms with van der Waals surface area (Å²) < 4.78 is 5.99. The van der Waals surface area contributed by atoms with Crippen molar-refractivity contribution in [3.8, 4) is 5.75 Å². The Hall–Kier alpha value is -3.18. The van der Waals surface area contributed by atoms with Crippen molar-refractivity contribution in [1.82, 2.24) is 5.32 Å². The van der Waals surface area contributed by atoms with E-state index in [1.165, 1.54) is 11.1 Å². The van der Waals surface area contributed by atoms with E-state index in [4.69, 9.17) is 17.0 Å². The zero-order valence-corrected chi connectivity index (χ0v) is 21.0. The predicted octanol–water partition coefficient (Wildman–Crippen LogP) is 6.51. The molecule has 0 spiro atoms. The Morgan fingerprint density at radius 2 is 1.56 bits per heavy atom. The van der Waals surface area contributed by atoms with Gasteiger partial charge in [0.15, 0.2) is 5.11 Å². The summed E-state index contributed by atoms with van der Waals surface area (Å²) in [4.78, 5) is 12.8. The first-order chi connectivity index (χ1) is 16.4. The van der Waals surface area contributed by atoms with Crippen molar-refractivity contribution in [2.75, 3.05) is 11.9 Å². The van der Waals surface area contributed by atoms with Gasteiger partial charge in [-0.25, -0.2) is 0 Å². The van der Waals surface area contributed by atoms with Crippen LogP contribution in [0.1, 0.15) is 49.8 Å². The lowest BCUT2D eigenvalue weighted by atomic mass is 9.96. The van der Waals surface area contributed by atoms with Crippen molar-refractivity contribution in [3.05, 3.63) is 95.6 Å². The standard InChI is InChI=1S/C29H34N2O2S/c1-21(2)20-24-15-17-25(18-16-24)22(3)28(32)31-29(34)30-26-13-7-8-14-27(26)33-19-9-12-23-10-5-4-6-11-23/h4-8,10-11,13-18,21-22H,9,12,19-20H2,1-3H3,(H2,30,31,32,34). The number of carbonyl (C=O) groups excluding carboxylic acids is 1. The Kier molecular flexibility index (Phi) is 9.65. The van der Waals surface area contributed by atoms with Gasteiger partial charge < -0.3 is 15.4 Å². The van der Waals surface area contributed by atoms with Crippen molar-refractivity contribution in [1.29, 1.82) is 0 Å². The second-order valence-corrected chi connectivity index (χ2v) is 9.35. The van der Waals surface area contributed by atoms with Gasteiger partial charge in [0, 0.05) is 0 Å². The van der Waals surface area contributed by atoms with Crippen LogP contribution in [-0.4, -0.2) is 17.6 Å². The maximum absolute atomic E-state index is 12.8. The fourth-order valence-corrected chi connectivity index (χ4v) is 3.95. The number of rotatable bonds is 10. The van der Waals surface area contributed by atoms with Crippen LogP contribution in [0.5, 0.6) is 5.75 Å². The first kappa shape index (κ1) is 25.4. The van der Waals surface area contributed by atoms with Crippen LogP contribution in [0.2, 0.25) is 0 Å². The minimum Gasteiger partial charge on any atom is -0.491 e. The van der Waals surface area contributed by atoms with Gasteiger partial charge in [-0.1, -0.05) is 80.6 Å². The van der Waals surface area contributed by atoms with Gasteiger partial charge in [0.25, 0.3) is 0 Å². The van der Waals surface area contributed by atoms with Crippen LogP contribution >= 0.6 is 12.2 Å². The predicted molar refractivity (Wildman–Crippen MR) is 144 cm³/mol. The number of thiocarbonyl (C=S) groups is 1. The van der Waals surface area contributed by atoms with Crippen molar-refractivity contribution in [3.63, 3.8) is 0 Å². The lowest BCUT2D eigenvalue weighted by molar-refractivity contribution is -0.120. The van der Waals surface area contributed by atoms with Crippen LogP contribution in [0.4, 0.5) is 5.69 Å². The normalized spacial score (nSPS) is 11.6. The van der Waals surface area contributed by atoms with Crippen LogP contribution in [0.25, 0.3) is 0 Å². The van der Waals surface area contributed by atoms with Crippen LogP contribution in [0.15, 0.2) is 78.9 Å². The number of hydrogen-bond donors (Lipinski definition) is 2. The number of aryl methyl sites for hydroxylation is 1. The molecular formula is C29H34N2O2S. The second kappa shape index (κ2) is 12.9. The molecule has 1 amide bonds. The first-order valence-electron chi connectivity index (χ1n) is 11.9. The molecule has 0 aliphatic heterocycles. The van der Waals surface area contributed by atoms with Gasteiger partial charge in [-0.15, -0.1) is 0 Å². The molecule has 5 heteroatoms. The molecule has 0 saturated heterocycles. The summed E-state index contributed by atoms with van der Waals surface area (Å²) in [5.74, 6) is 0.861. The third-order valence-electron chi connectivity index (χ3n) is 5.60.